The zero-order chi connectivity index (χ0) is 20.2. The van der Waals surface area contributed by atoms with Crippen molar-refractivity contribution in [2.75, 3.05) is 45.2 Å². The SMILES string of the molecule is CN1C[CH+]C=C(C(=O)N(C)CCCN2c3ccccc3CCc3ccccc32)C1. The Morgan fingerprint density at radius 1 is 1.03 bits per heavy atom. The van der Waals surface area contributed by atoms with E-state index < -0.39 is 0 Å². The van der Waals surface area contributed by atoms with Crippen LogP contribution in [0.15, 0.2) is 60.2 Å². The fraction of sp³-hybridized carbons (Fsp3) is 0.360. The maximum atomic E-state index is 12.8. The van der Waals surface area contributed by atoms with E-state index in [1.807, 2.05) is 25.1 Å². The highest BCUT2D eigenvalue weighted by molar-refractivity contribution is 5.94. The molecule has 29 heavy (non-hydrogen) atoms. The van der Waals surface area contributed by atoms with Gasteiger partial charge in [-0.15, -0.1) is 0 Å². The first kappa shape index (κ1) is 19.6. The highest BCUT2D eigenvalue weighted by Gasteiger charge is 2.27. The average molecular weight is 389 g/mol. The van der Waals surface area contributed by atoms with Gasteiger partial charge in [0, 0.05) is 31.5 Å². The number of likely N-dealkylation sites (N-methyl/N-ethyl adjacent to an activating group) is 2. The minimum absolute atomic E-state index is 0.143. The summed E-state index contributed by atoms with van der Waals surface area (Å²) in [6, 6.07) is 17.4. The van der Waals surface area contributed by atoms with E-state index in [4.69, 9.17) is 0 Å². The minimum Gasteiger partial charge on any atom is -0.341 e. The molecule has 0 N–H and O–H groups in total. The third kappa shape index (κ3) is 4.33. The molecule has 2 aromatic carbocycles. The molecule has 0 aliphatic carbocycles. The van der Waals surface area contributed by atoms with E-state index in [1.54, 1.807) is 0 Å². The largest absolute Gasteiger partial charge is 0.341 e. The monoisotopic (exact) mass is 388 g/mol. The number of carbonyl (C=O) groups is 1. The van der Waals surface area contributed by atoms with Crippen molar-refractivity contribution < 1.29 is 4.79 Å². The van der Waals surface area contributed by atoms with E-state index >= 15 is 0 Å². The van der Waals surface area contributed by atoms with Gasteiger partial charge in [0.2, 0.25) is 0 Å². The summed E-state index contributed by atoms with van der Waals surface area (Å²) >= 11 is 0. The fourth-order valence-corrected chi connectivity index (χ4v) is 4.35. The number of hydrogen-bond donors (Lipinski definition) is 0. The maximum Gasteiger partial charge on any atom is 0.333 e. The third-order valence-electron chi connectivity index (χ3n) is 5.90. The Balaban J connectivity index is 1.45. The number of benzene rings is 2. The van der Waals surface area contributed by atoms with Gasteiger partial charge in [-0.25, -0.2) is 4.79 Å². The van der Waals surface area contributed by atoms with Crippen LogP contribution in [-0.2, 0) is 17.6 Å². The first-order valence-electron chi connectivity index (χ1n) is 10.5. The van der Waals surface area contributed by atoms with Crippen molar-refractivity contribution in [3.05, 3.63) is 77.7 Å². The van der Waals surface area contributed by atoms with Crippen LogP contribution in [0.1, 0.15) is 17.5 Å². The van der Waals surface area contributed by atoms with Crippen LogP contribution < -0.4 is 4.90 Å². The van der Waals surface area contributed by atoms with Crippen LogP contribution >= 0.6 is 0 Å². The van der Waals surface area contributed by atoms with Gasteiger partial charge in [-0.05, 0) is 49.6 Å². The molecule has 0 aromatic heterocycles. The number of rotatable bonds is 5. The molecule has 150 valence electrons. The Morgan fingerprint density at radius 2 is 1.66 bits per heavy atom. The Morgan fingerprint density at radius 3 is 2.28 bits per heavy atom. The van der Waals surface area contributed by atoms with Crippen LogP contribution in [0.3, 0.4) is 0 Å². The summed E-state index contributed by atoms with van der Waals surface area (Å²) in [5.74, 6) is 0.143. The summed E-state index contributed by atoms with van der Waals surface area (Å²) in [5.41, 5.74) is 6.29. The molecular formula is C25H30N3O+. The van der Waals surface area contributed by atoms with Gasteiger partial charge in [-0.3, -0.25) is 4.90 Å². The van der Waals surface area contributed by atoms with Gasteiger partial charge in [-0.2, -0.15) is 0 Å². The maximum absolute atomic E-state index is 12.8. The molecule has 4 nitrogen and oxygen atoms in total. The predicted molar refractivity (Wildman–Crippen MR) is 119 cm³/mol. The second kappa shape index (κ2) is 8.75. The number of nitrogens with zero attached hydrogens (tertiary/aromatic N) is 3. The molecule has 1 amide bonds. The number of carbonyl (C=O) groups excluding carboxylic acids is 1. The highest BCUT2D eigenvalue weighted by Crippen LogP contribution is 2.35. The van der Waals surface area contributed by atoms with Crippen molar-refractivity contribution in [1.82, 2.24) is 9.80 Å². The summed E-state index contributed by atoms with van der Waals surface area (Å²) in [7, 11) is 3.97. The van der Waals surface area contributed by atoms with Gasteiger partial charge in [0.25, 0.3) is 0 Å². The second-order valence-corrected chi connectivity index (χ2v) is 8.11. The van der Waals surface area contributed by atoms with E-state index in [9.17, 15) is 4.79 Å². The molecule has 4 rings (SSSR count). The predicted octanol–water partition coefficient (Wildman–Crippen LogP) is 3.85. The standard InChI is InChI=1S/C25H30N3O/c1-26-16-7-11-22(19-26)25(29)27(2)17-8-18-28-23-12-5-3-9-20(23)14-15-21-10-4-6-13-24(21)28/h3-7,9-13H,8,14-19H2,1-2H3/q+1. The summed E-state index contributed by atoms with van der Waals surface area (Å²) < 4.78 is 0. The molecule has 0 saturated heterocycles. The normalized spacial score (nSPS) is 16.2. The number of anilines is 2. The minimum atomic E-state index is 0.143. The molecule has 0 fully saturated rings. The van der Waals surface area contributed by atoms with Crippen LogP contribution in [0, 0.1) is 6.42 Å². The molecule has 2 aliphatic heterocycles. The molecule has 0 saturated carbocycles. The van der Waals surface area contributed by atoms with Crippen LogP contribution in [-0.4, -0.2) is 56.0 Å². The first-order valence-corrected chi connectivity index (χ1v) is 10.5. The fourth-order valence-electron chi connectivity index (χ4n) is 4.35. The van der Waals surface area contributed by atoms with Crippen LogP contribution in [0.25, 0.3) is 0 Å². The lowest BCUT2D eigenvalue weighted by Gasteiger charge is -2.28. The highest BCUT2D eigenvalue weighted by atomic mass is 16.2. The van der Waals surface area contributed by atoms with E-state index in [2.05, 4.69) is 64.8 Å². The number of para-hydroxylation sites is 2. The van der Waals surface area contributed by atoms with Gasteiger partial charge in [0.15, 0.2) is 5.57 Å². The summed E-state index contributed by atoms with van der Waals surface area (Å²) in [6.07, 6.45) is 7.12. The van der Waals surface area contributed by atoms with Gasteiger partial charge < -0.3 is 9.80 Å². The van der Waals surface area contributed by atoms with Crippen LogP contribution in [0.5, 0.6) is 0 Å². The molecule has 0 bridgehead atoms. The van der Waals surface area contributed by atoms with Crippen molar-refractivity contribution >= 4 is 17.3 Å². The smallest absolute Gasteiger partial charge is 0.333 e. The Kier molecular flexibility index (Phi) is 5.91. The van der Waals surface area contributed by atoms with Gasteiger partial charge in [0.05, 0.1) is 19.5 Å². The lowest BCUT2D eigenvalue weighted by molar-refractivity contribution is -0.126. The first-order chi connectivity index (χ1) is 14.1. The topological polar surface area (TPSA) is 26.8 Å². The Labute approximate surface area is 174 Å². The van der Waals surface area contributed by atoms with E-state index in [0.29, 0.717) is 0 Å². The van der Waals surface area contributed by atoms with E-state index in [-0.39, 0.29) is 5.91 Å². The lowest BCUT2D eigenvalue weighted by Crippen LogP contribution is -2.36. The summed E-state index contributed by atoms with van der Waals surface area (Å²) in [6.45, 7) is 3.29. The molecular weight excluding hydrogens is 358 g/mol. The lowest BCUT2D eigenvalue weighted by atomic mass is 10.0. The molecule has 4 heteroatoms. The third-order valence-corrected chi connectivity index (χ3v) is 5.90. The Hall–Kier alpha value is -2.72. The molecule has 2 heterocycles. The van der Waals surface area contributed by atoms with Crippen molar-refractivity contribution in [2.24, 2.45) is 0 Å². The van der Waals surface area contributed by atoms with Gasteiger partial charge >= 0.3 is 5.91 Å². The van der Waals surface area contributed by atoms with E-state index in [0.717, 1.165) is 51.0 Å². The number of amides is 1. The molecule has 0 radical (unpaired) electrons. The van der Waals surface area contributed by atoms with Crippen LogP contribution in [0.2, 0.25) is 0 Å². The quantitative estimate of drug-likeness (QED) is 0.728. The van der Waals surface area contributed by atoms with E-state index in [1.165, 1.54) is 22.5 Å². The van der Waals surface area contributed by atoms with Crippen molar-refractivity contribution in [3.63, 3.8) is 0 Å². The molecule has 0 unspecified atom stereocenters. The zero-order valence-electron chi connectivity index (χ0n) is 17.5. The number of fused-ring (bicyclic) bond motifs is 2. The van der Waals surface area contributed by atoms with Crippen LogP contribution in [0.4, 0.5) is 11.4 Å². The molecule has 2 aliphatic rings. The second-order valence-electron chi connectivity index (χ2n) is 8.11. The van der Waals surface area contributed by atoms with Gasteiger partial charge in [0.1, 0.15) is 6.08 Å². The van der Waals surface area contributed by atoms with Crippen molar-refractivity contribution in [2.45, 2.75) is 19.3 Å². The molecule has 0 spiro atoms. The Bertz CT molecular complexity index is 857. The zero-order valence-corrected chi connectivity index (χ0v) is 17.5. The average Bonchev–Trinajstić information content (AvgIpc) is 2.90. The van der Waals surface area contributed by atoms with Crippen molar-refractivity contribution in [3.8, 4) is 0 Å². The number of hydrogen-bond acceptors (Lipinski definition) is 3. The van der Waals surface area contributed by atoms with Gasteiger partial charge in [-0.1, -0.05) is 36.4 Å². The molecule has 2 aromatic rings. The summed E-state index contributed by atoms with van der Waals surface area (Å²) in [5, 5.41) is 0. The summed E-state index contributed by atoms with van der Waals surface area (Å²) in [4.78, 5) is 19.2. The number of aryl methyl sites for hydroxylation is 2. The van der Waals surface area contributed by atoms with Crippen molar-refractivity contribution in [1.29, 1.82) is 0 Å². The molecule has 0 atom stereocenters.